The molecule has 2 saturated heterocycles. The number of hydrogen-bond acceptors (Lipinski definition) is 6. The van der Waals surface area contributed by atoms with Crippen LogP contribution in [0.25, 0.3) is 0 Å². The molecule has 2 aliphatic rings. The van der Waals surface area contributed by atoms with Crippen molar-refractivity contribution in [1.29, 1.82) is 0 Å². The van der Waals surface area contributed by atoms with Crippen LogP contribution in [0.2, 0.25) is 0 Å². The number of carbonyl (C=O) groups is 2. The van der Waals surface area contributed by atoms with Gasteiger partial charge in [0, 0.05) is 37.5 Å². The second-order valence-electron chi connectivity index (χ2n) is 9.31. The van der Waals surface area contributed by atoms with Crippen molar-refractivity contribution in [2.75, 3.05) is 31.5 Å². The number of hydrogen-bond donors (Lipinski definition) is 3. The van der Waals surface area contributed by atoms with Gasteiger partial charge in [-0.1, -0.05) is 11.8 Å². The average molecular weight is 434 g/mol. The Balaban J connectivity index is 1.59. The van der Waals surface area contributed by atoms with Gasteiger partial charge in [0.25, 0.3) is 0 Å². The molecule has 2 aliphatic heterocycles. The molecule has 1 aromatic rings. The summed E-state index contributed by atoms with van der Waals surface area (Å²) in [5, 5.41) is 16.1. The van der Waals surface area contributed by atoms with Gasteiger partial charge in [-0.3, -0.25) is 0 Å². The minimum absolute atomic E-state index is 0.105. The Labute approximate surface area is 182 Å². The van der Waals surface area contributed by atoms with Gasteiger partial charge in [-0.15, -0.1) is 11.3 Å². The van der Waals surface area contributed by atoms with Crippen LogP contribution in [0.4, 0.5) is 10.5 Å². The van der Waals surface area contributed by atoms with Gasteiger partial charge in [-0.2, -0.15) is 0 Å². The molecule has 0 aromatic carbocycles. The largest absolute Gasteiger partial charge is 0.477 e. The molecule has 30 heavy (non-hydrogen) atoms. The fourth-order valence-electron chi connectivity index (χ4n) is 3.55. The molecular formula is C22H31N3O4S. The standard InChI is InChI=1S/C22H31N3O4S/c1-21(2,3)8-5-16-13-17(18(30-16)19(26)27)24-15-6-11-25(12-7-15)20(28)29-22(4)9-10-23-14-22/h13,15,23-24H,6-7,9-12,14H2,1-4H3,(H,26,27). The Bertz CT molecular complexity index is 848. The first-order chi connectivity index (χ1) is 14.0. The van der Waals surface area contributed by atoms with Crippen molar-refractivity contribution in [3.63, 3.8) is 0 Å². The zero-order valence-electron chi connectivity index (χ0n) is 18.1. The molecule has 2 fully saturated rings. The topological polar surface area (TPSA) is 90.9 Å². The highest BCUT2D eigenvalue weighted by molar-refractivity contribution is 7.15. The van der Waals surface area contributed by atoms with Gasteiger partial charge < -0.3 is 25.4 Å². The first kappa shape index (κ1) is 22.4. The lowest BCUT2D eigenvalue weighted by Crippen LogP contribution is -2.46. The quantitative estimate of drug-likeness (QED) is 0.629. The first-order valence-electron chi connectivity index (χ1n) is 10.4. The number of nitrogens with one attached hydrogen (secondary N) is 2. The zero-order chi connectivity index (χ0) is 21.9. The number of anilines is 1. The molecule has 8 heteroatoms. The monoisotopic (exact) mass is 433 g/mol. The highest BCUT2D eigenvalue weighted by Gasteiger charge is 2.35. The van der Waals surface area contributed by atoms with Crippen LogP contribution < -0.4 is 10.6 Å². The van der Waals surface area contributed by atoms with E-state index in [1.807, 2.05) is 33.8 Å². The molecule has 1 amide bonds. The number of ether oxygens (including phenoxy) is 1. The number of nitrogens with zero attached hydrogens (tertiary/aromatic N) is 1. The molecule has 0 spiro atoms. The van der Waals surface area contributed by atoms with Crippen LogP contribution in [0.3, 0.4) is 0 Å². The summed E-state index contributed by atoms with van der Waals surface area (Å²) < 4.78 is 5.71. The number of carbonyl (C=O) groups excluding carboxylic acids is 1. The first-order valence-corrected chi connectivity index (χ1v) is 11.2. The van der Waals surface area contributed by atoms with Gasteiger partial charge in [0.15, 0.2) is 0 Å². The summed E-state index contributed by atoms with van der Waals surface area (Å²) >= 11 is 1.19. The third-order valence-electron chi connectivity index (χ3n) is 5.26. The van der Waals surface area contributed by atoms with E-state index in [-0.39, 0.29) is 22.4 Å². The summed E-state index contributed by atoms with van der Waals surface area (Å²) in [5.74, 6) is 5.28. The van der Waals surface area contributed by atoms with Crippen LogP contribution in [0, 0.1) is 17.3 Å². The van der Waals surface area contributed by atoms with E-state index in [0.717, 1.165) is 30.7 Å². The SMILES string of the molecule is CC(C)(C)C#Cc1cc(NC2CCN(C(=O)OC3(C)CCNC3)CC2)c(C(=O)O)s1. The molecule has 164 valence electrons. The predicted molar refractivity (Wildman–Crippen MR) is 118 cm³/mol. The van der Waals surface area contributed by atoms with Gasteiger partial charge >= 0.3 is 12.1 Å². The van der Waals surface area contributed by atoms with Crippen molar-refractivity contribution in [3.05, 3.63) is 15.8 Å². The normalized spacial score (nSPS) is 22.3. The van der Waals surface area contributed by atoms with Crippen LogP contribution in [0.15, 0.2) is 6.07 Å². The third kappa shape index (κ3) is 5.89. The maximum absolute atomic E-state index is 12.5. The Kier molecular flexibility index (Phi) is 6.63. The summed E-state index contributed by atoms with van der Waals surface area (Å²) in [4.78, 5) is 26.9. The van der Waals surface area contributed by atoms with E-state index in [1.165, 1.54) is 11.3 Å². The number of aromatic carboxylic acids is 1. The maximum atomic E-state index is 12.5. The lowest BCUT2D eigenvalue weighted by Gasteiger charge is -2.34. The van der Waals surface area contributed by atoms with Crippen LogP contribution in [0.5, 0.6) is 0 Å². The van der Waals surface area contributed by atoms with Gasteiger partial charge in [-0.25, -0.2) is 9.59 Å². The Morgan fingerprint density at radius 1 is 1.37 bits per heavy atom. The molecule has 1 atom stereocenters. The molecule has 3 heterocycles. The van der Waals surface area contributed by atoms with E-state index in [9.17, 15) is 14.7 Å². The number of amides is 1. The predicted octanol–water partition coefficient (Wildman–Crippen LogP) is 3.61. The number of rotatable bonds is 4. The maximum Gasteiger partial charge on any atom is 0.410 e. The molecule has 1 aromatic heterocycles. The summed E-state index contributed by atoms with van der Waals surface area (Å²) in [6.07, 6.45) is 2.04. The molecule has 0 bridgehead atoms. The number of piperidine rings is 1. The van der Waals surface area contributed by atoms with Crippen molar-refractivity contribution in [2.24, 2.45) is 5.41 Å². The second kappa shape index (κ2) is 8.86. The van der Waals surface area contributed by atoms with Crippen molar-refractivity contribution in [2.45, 2.75) is 58.6 Å². The fourth-order valence-corrected chi connectivity index (χ4v) is 4.36. The van der Waals surface area contributed by atoms with Crippen molar-refractivity contribution < 1.29 is 19.4 Å². The highest BCUT2D eigenvalue weighted by Crippen LogP contribution is 2.30. The molecule has 7 nitrogen and oxygen atoms in total. The van der Waals surface area contributed by atoms with Crippen LogP contribution in [-0.4, -0.2) is 59.9 Å². The van der Waals surface area contributed by atoms with E-state index in [1.54, 1.807) is 4.90 Å². The smallest absolute Gasteiger partial charge is 0.410 e. The summed E-state index contributed by atoms with van der Waals surface area (Å²) in [7, 11) is 0. The Hall–Kier alpha value is -2.24. The van der Waals surface area contributed by atoms with Gasteiger partial charge in [0.05, 0.1) is 10.6 Å². The van der Waals surface area contributed by atoms with Gasteiger partial charge in [0.1, 0.15) is 10.5 Å². The summed E-state index contributed by atoms with van der Waals surface area (Å²) in [5.41, 5.74) is 0.0360. The molecule has 0 aliphatic carbocycles. The Morgan fingerprint density at radius 3 is 2.63 bits per heavy atom. The van der Waals surface area contributed by atoms with Crippen molar-refractivity contribution in [1.82, 2.24) is 10.2 Å². The zero-order valence-corrected chi connectivity index (χ0v) is 18.9. The number of likely N-dealkylation sites (tertiary alicyclic amines) is 1. The van der Waals surface area contributed by atoms with E-state index in [4.69, 9.17) is 4.74 Å². The van der Waals surface area contributed by atoms with E-state index in [0.29, 0.717) is 25.3 Å². The lowest BCUT2D eigenvalue weighted by atomic mass is 9.98. The minimum atomic E-state index is -0.953. The van der Waals surface area contributed by atoms with Crippen LogP contribution in [0.1, 0.15) is 61.5 Å². The molecule has 0 radical (unpaired) electrons. The molecular weight excluding hydrogens is 402 g/mol. The summed E-state index contributed by atoms with van der Waals surface area (Å²) in [6.45, 7) is 10.8. The lowest BCUT2D eigenvalue weighted by molar-refractivity contribution is 0.0109. The van der Waals surface area contributed by atoms with E-state index < -0.39 is 11.6 Å². The molecule has 0 saturated carbocycles. The summed E-state index contributed by atoms with van der Waals surface area (Å²) in [6, 6.07) is 1.93. The van der Waals surface area contributed by atoms with Crippen molar-refractivity contribution >= 4 is 29.1 Å². The van der Waals surface area contributed by atoms with Gasteiger partial charge in [-0.05, 0) is 53.1 Å². The van der Waals surface area contributed by atoms with Crippen LogP contribution >= 0.6 is 11.3 Å². The van der Waals surface area contributed by atoms with E-state index in [2.05, 4.69) is 22.5 Å². The molecule has 3 N–H and O–H groups in total. The van der Waals surface area contributed by atoms with Gasteiger partial charge in [0.2, 0.25) is 0 Å². The fraction of sp³-hybridized carbons (Fsp3) is 0.636. The third-order valence-corrected chi connectivity index (χ3v) is 6.30. The van der Waals surface area contributed by atoms with Crippen LogP contribution in [-0.2, 0) is 4.74 Å². The number of thiophene rings is 1. The minimum Gasteiger partial charge on any atom is -0.477 e. The molecule has 3 rings (SSSR count). The number of carboxylic acid groups (broad SMARTS) is 1. The number of carboxylic acids is 1. The Morgan fingerprint density at radius 2 is 2.07 bits per heavy atom. The highest BCUT2D eigenvalue weighted by atomic mass is 32.1. The molecule has 1 unspecified atom stereocenters. The van der Waals surface area contributed by atoms with Crippen molar-refractivity contribution in [3.8, 4) is 11.8 Å². The van der Waals surface area contributed by atoms with E-state index >= 15 is 0 Å². The second-order valence-corrected chi connectivity index (χ2v) is 10.4. The average Bonchev–Trinajstić information content (AvgIpc) is 3.26.